The molecule has 1 aromatic heterocycles. The van der Waals surface area contributed by atoms with E-state index in [0.29, 0.717) is 23.1 Å². The zero-order valence-electron chi connectivity index (χ0n) is 8.57. The van der Waals surface area contributed by atoms with Crippen LogP contribution in [-0.2, 0) is 4.74 Å². The Kier molecular flexibility index (Phi) is 2.55. The molecule has 3 rings (SSSR count). The summed E-state index contributed by atoms with van der Waals surface area (Å²) in [5.74, 6) is 0.641. The number of nitrogens with zero attached hydrogens (tertiary/aromatic N) is 1. The van der Waals surface area contributed by atoms with Crippen LogP contribution in [-0.4, -0.2) is 24.7 Å². The highest BCUT2D eigenvalue weighted by molar-refractivity contribution is 6.34. The van der Waals surface area contributed by atoms with Gasteiger partial charge >= 0.3 is 0 Å². The van der Waals surface area contributed by atoms with Crippen LogP contribution in [0.15, 0.2) is 22.6 Å². The van der Waals surface area contributed by atoms with Crippen LogP contribution < -0.4 is 5.32 Å². The molecule has 1 aliphatic rings. The Balaban J connectivity index is 2.01. The van der Waals surface area contributed by atoms with Gasteiger partial charge in [-0.15, -0.1) is 0 Å². The van der Waals surface area contributed by atoms with Crippen LogP contribution in [0.3, 0.4) is 0 Å². The molecule has 1 aromatic carbocycles. The van der Waals surface area contributed by atoms with E-state index in [9.17, 15) is 0 Å². The van der Waals surface area contributed by atoms with Gasteiger partial charge in [-0.25, -0.2) is 4.98 Å². The van der Waals surface area contributed by atoms with Crippen LogP contribution in [0, 0.1) is 0 Å². The second kappa shape index (κ2) is 4.05. The lowest BCUT2D eigenvalue weighted by atomic mass is 10.3. The average Bonchev–Trinajstić information content (AvgIpc) is 2.76. The summed E-state index contributed by atoms with van der Waals surface area (Å²) in [7, 11) is 0. The molecule has 0 spiro atoms. The van der Waals surface area contributed by atoms with Gasteiger partial charge in [-0.1, -0.05) is 17.7 Å². The van der Waals surface area contributed by atoms with Gasteiger partial charge in [0.25, 0.3) is 0 Å². The number of aromatic nitrogens is 1. The number of ether oxygens (including phenoxy) is 1. The number of oxazole rings is 1. The minimum absolute atomic E-state index is 0.0252. The first-order valence-electron chi connectivity index (χ1n) is 5.20. The first kappa shape index (κ1) is 10.1. The van der Waals surface area contributed by atoms with Crippen LogP contribution in [0.1, 0.15) is 11.9 Å². The summed E-state index contributed by atoms with van der Waals surface area (Å²) in [6.45, 7) is 2.14. The highest BCUT2D eigenvalue weighted by Crippen LogP contribution is 2.26. The Morgan fingerprint density at radius 3 is 3.12 bits per heavy atom. The molecule has 2 heterocycles. The summed E-state index contributed by atoms with van der Waals surface area (Å²) in [6, 6.07) is 5.57. The average molecular weight is 239 g/mol. The summed E-state index contributed by atoms with van der Waals surface area (Å²) in [4.78, 5) is 4.40. The van der Waals surface area contributed by atoms with Crippen LogP contribution in [0.4, 0.5) is 0 Å². The van der Waals surface area contributed by atoms with Gasteiger partial charge in [0, 0.05) is 6.54 Å². The van der Waals surface area contributed by atoms with E-state index in [2.05, 4.69) is 10.3 Å². The van der Waals surface area contributed by atoms with Crippen LogP contribution in [0.25, 0.3) is 11.1 Å². The molecule has 5 heteroatoms. The van der Waals surface area contributed by atoms with Crippen molar-refractivity contribution in [1.29, 1.82) is 0 Å². The summed E-state index contributed by atoms with van der Waals surface area (Å²) in [6.07, 6.45) is 0. The number of hydrogen-bond acceptors (Lipinski definition) is 4. The maximum Gasteiger partial charge on any atom is 0.215 e. The quantitative estimate of drug-likeness (QED) is 0.827. The molecule has 1 aliphatic heterocycles. The van der Waals surface area contributed by atoms with E-state index in [-0.39, 0.29) is 6.04 Å². The number of rotatable bonds is 1. The van der Waals surface area contributed by atoms with Crippen molar-refractivity contribution in [3.8, 4) is 0 Å². The zero-order valence-corrected chi connectivity index (χ0v) is 9.33. The monoisotopic (exact) mass is 238 g/mol. The number of halogens is 1. The van der Waals surface area contributed by atoms with E-state index < -0.39 is 0 Å². The molecule has 1 fully saturated rings. The predicted molar refractivity (Wildman–Crippen MR) is 60.6 cm³/mol. The van der Waals surface area contributed by atoms with E-state index in [4.69, 9.17) is 20.8 Å². The lowest BCUT2D eigenvalue weighted by Gasteiger charge is -2.20. The normalized spacial score (nSPS) is 21.4. The smallest absolute Gasteiger partial charge is 0.215 e. The van der Waals surface area contributed by atoms with Crippen molar-refractivity contribution >= 4 is 22.7 Å². The standard InChI is InChI=1S/C11H11ClN2O2/c12-7-2-1-3-8-10(7)16-11(14-8)9-6-15-5-4-13-9/h1-3,9,13H,4-6H2. The first-order chi connectivity index (χ1) is 7.84. The third-order valence-electron chi connectivity index (χ3n) is 2.60. The summed E-state index contributed by atoms with van der Waals surface area (Å²) < 4.78 is 11.0. The second-order valence-electron chi connectivity index (χ2n) is 3.72. The van der Waals surface area contributed by atoms with Crippen molar-refractivity contribution in [3.63, 3.8) is 0 Å². The van der Waals surface area contributed by atoms with Gasteiger partial charge in [0.05, 0.1) is 18.2 Å². The fourth-order valence-corrected chi connectivity index (χ4v) is 2.01. The zero-order chi connectivity index (χ0) is 11.0. The third-order valence-corrected chi connectivity index (χ3v) is 2.90. The molecule has 1 N–H and O–H groups in total. The van der Waals surface area contributed by atoms with Crippen molar-refractivity contribution in [2.75, 3.05) is 19.8 Å². The predicted octanol–water partition coefficient (Wildman–Crippen LogP) is 2.14. The van der Waals surface area contributed by atoms with Gasteiger partial charge in [-0.2, -0.15) is 0 Å². The second-order valence-corrected chi connectivity index (χ2v) is 4.13. The minimum Gasteiger partial charge on any atom is -0.437 e. The lowest BCUT2D eigenvalue weighted by Crippen LogP contribution is -2.34. The number of hydrogen-bond donors (Lipinski definition) is 1. The fourth-order valence-electron chi connectivity index (χ4n) is 1.81. The maximum atomic E-state index is 6.02. The highest BCUT2D eigenvalue weighted by atomic mass is 35.5. The van der Waals surface area contributed by atoms with E-state index in [1.54, 1.807) is 6.07 Å². The summed E-state index contributed by atoms with van der Waals surface area (Å²) >= 11 is 6.02. The third kappa shape index (κ3) is 1.69. The molecule has 0 saturated carbocycles. The molecule has 1 atom stereocenters. The van der Waals surface area contributed by atoms with Crippen LogP contribution in [0.5, 0.6) is 0 Å². The molecule has 2 aromatic rings. The number of para-hydroxylation sites is 1. The van der Waals surface area contributed by atoms with E-state index in [1.807, 2.05) is 12.1 Å². The van der Waals surface area contributed by atoms with Crippen molar-refractivity contribution in [1.82, 2.24) is 10.3 Å². The highest BCUT2D eigenvalue weighted by Gasteiger charge is 2.21. The van der Waals surface area contributed by atoms with Gasteiger partial charge in [-0.3, -0.25) is 0 Å². The number of benzene rings is 1. The summed E-state index contributed by atoms with van der Waals surface area (Å²) in [5, 5.41) is 3.88. The fraction of sp³-hybridized carbons (Fsp3) is 0.364. The maximum absolute atomic E-state index is 6.02. The number of nitrogens with one attached hydrogen (secondary N) is 1. The molecule has 0 bridgehead atoms. The Morgan fingerprint density at radius 2 is 2.38 bits per heavy atom. The van der Waals surface area contributed by atoms with Crippen molar-refractivity contribution < 1.29 is 9.15 Å². The first-order valence-corrected chi connectivity index (χ1v) is 5.58. The van der Waals surface area contributed by atoms with E-state index in [1.165, 1.54) is 0 Å². The Morgan fingerprint density at radius 1 is 1.44 bits per heavy atom. The Bertz CT molecular complexity index is 506. The lowest BCUT2D eigenvalue weighted by molar-refractivity contribution is 0.0687. The minimum atomic E-state index is 0.0252. The summed E-state index contributed by atoms with van der Waals surface area (Å²) in [5.41, 5.74) is 1.43. The largest absolute Gasteiger partial charge is 0.437 e. The Labute approximate surface area is 97.5 Å². The van der Waals surface area contributed by atoms with E-state index >= 15 is 0 Å². The molecule has 16 heavy (non-hydrogen) atoms. The molecular weight excluding hydrogens is 228 g/mol. The van der Waals surface area contributed by atoms with E-state index in [0.717, 1.165) is 18.7 Å². The molecule has 4 nitrogen and oxygen atoms in total. The molecule has 0 radical (unpaired) electrons. The van der Waals surface area contributed by atoms with Gasteiger partial charge in [0.2, 0.25) is 5.89 Å². The topological polar surface area (TPSA) is 47.3 Å². The number of morpholine rings is 1. The molecule has 84 valence electrons. The molecular formula is C11H11ClN2O2. The van der Waals surface area contributed by atoms with Crippen LogP contribution in [0.2, 0.25) is 5.02 Å². The molecule has 1 saturated heterocycles. The molecule has 1 unspecified atom stereocenters. The van der Waals surface area contributed by atoms with Crippen molar-refractivity contribution in [2.45, 2.75) is 6.04 Å². The number of fused-ring (bicyclic) bond motifs is 1. The molecule has 0 amide bonds. The van der Waals surface area contributed by atoms with Crippen molar-refractivity contribution in [2.24, 2.45) is 0 Å². The molecule has 0 aliphatic carbocycles. The van der Waals surface area contributed by atoms with Gasteiger partial charge in [0.15, 0.2) is 5.58 Å². The van der Waals surface area contributed by atoms with Gasteiger partial charge in [0.1, 0.15) is 11.6 Å². The Hall–Kier alpha value is -1.10. The van der Waals surface area contributed by atoms with Gasteiger partial charge < -0.3 is 14.5 Å². The van der Waals surface area contributed by atoms with Gasteiger partial charge in [-0.05, 0) is 12.1 Å². The van der Waals surface area contributed by atoms with Crippen molar-refractivity contribution in [3.05, 3.63) is 29.1 Å². The SMILES string of the molecule is Clc1cccc2nc(C3COCCN3)oc12. The van der Waals surface area contributed by atoms with Crippen LogP contribution >= 0.6 is 11.6 Å².